The largest absolute Gasteiger partial charge is 0.372 e. The van der Waals surface area contributed by atoms with E-state index in [0.717, 1.165) is 23.7 Å². The quantitative estimate of drug-likeness (QED) is 0.456. The van der Waals surface area contributed by atoms with Gasteiger partial charge in [-0.2, -0.15) is 4.98 Å². The van der Waals surface area contributed by atoms with Crippen LogP contribution in [0, 0.1) is 12.7 Å². The van der Waals surface area contributed by atoms with Gasteiger partial charge in [0.25, 0.3) is 5.56 Å². The number of rotatable bonds is 4. The zero-order chi connectivity index (χ0) is 23.7. The first-order valence-electron chi connectivity index (χ1n) is 10.9. The van der Waals surface area contributed by atoms with Crippen molar-refractivity contribution in [3.05, 3.63) is 76.4 Å². The lowest BCUT2D eigenvalue weighted by atomic mass is 10.1. The third kappa shape index (κ3) is 4.32. The van der Waals surface area contributed by atoms with Crippen molar-refractivity contribution in [1.82, 2.24) is 24.7 Å². The van der Waals surface area contributed by atoms with Crippen molar-refractivity contribution < 1.29 is 13.7 Å². The summed E-state index contributed by atoms with van der Waals surface area (Å²) in [6.45, 7) is 3.41. The van der Waals surface area contributed by atoms with E-state index in [1.54, 1.807) is 14.0 Å². The number of aryl methyl sites for hydroxylation is 1. The fraction of sp³-hybridized carbons (Fsp3) is 0.292. The Morgan fingerprint density at radius 3 is 2.85 bits per heavy atom. The van der Waals surface area contributed by atoms with Crippen molar-refractivity contribution in [3.63, 3.8) is 0 Å². The molecule has 0 aliphatic carbocycles. The first kappa shape index (κ1) is 21.9. The zero-order valence-corrected chi connectivity index (χ0v) is 18.8. The molecule has 1 aromatic carbocycles. The van der Waals surface area contributed by atoms with Crippen LogP contribution in [0.4, 0.5) is 10.3 Å². The predicted molar refractivity (Wildman–Crippen MR) is 123 cm³/mol. The number of pyridine rings is 1. The van der Waals surface area contributed by atoms with Gasteiger partial charge < -0.3 is 14.2 Å². The second-order valence-corrected chi connectivity index (χ2v) is 8.12. The van der Waals surface area contributed by atoms with Crippen molar-refractivity contribution >= 4 is 5.95 Å². The van der Waals surface area contributed by atoms with Gasteiger partial charge in [0.05, 0.1) is 18.4 Å². The summed E-state index contributed by atoms with van der Waals surface area (Å²) in [6.07, 6.45) is 3.07. The minimum Gasteiger partial charge on any atom is -0.372 e. The Morgan fingerprint density at radius 1 is 1.18 bits per heavy atom. The number of halogens is 1. The number of nitrogens with zero attached hydrogens (tertiary/aromatic N) is 6. The lowest BCUT2D eigenvalue weighted by Crippen LogP contribution is -2.34. The normalized spacial score (nSPS) is 16.4. The minimum absolute atomic E-state index is 0.236. The molecule has 4 heterocycles. The number of aromatic nitrogens is 5. The van der Waals surface area contributed by atoms with E-state index in [4.69, 9.17) is 9.26 Å². The molecule has 10 heteroatoms. The first-order valence-corrected chi connectivity index (χ1v) is 10.9. The van der Waals surface area contributed by atoms with Gasteiger partial charge in [-0.05, 0) is 24.1 Å². The summed E-state index contributed by atoms with van der Waals surface area (Å²) in [4.78, 5) is 27.5. The maximum absolute atomic E-state index is 14.3. The fourth-order valence-electron chi connectivity index (χ4n) is 4.03. The van der Waals surface area contributed by atoms with E-state index in [0.29, 0.717) is 37.4 Å². The van der Waals surface area contributed by atoms with Gasteiger partial charge in [0.15, 0.2) is 5.82 Å². The number of hydrogen-bond acceptors (Lipinski definition) is 8. The average Bonchev–Trinajstić information content (AvgIpc) is 3.13. The standard InChI is InChI=1S/C24H23FN6O3/c1-15-27-23(29-34-15)17-6-3-5-16(11-17)21-14-31(9-4-10-33-21)24-28-20(12-22(32)30(24)2)18-7-8-26-13-19(18)25/h3,5-8,11-13,21H,4,9-10,14H2,1-2H3/t21-/m0/s1. The van der Waals surface area contributed by atoms with Gasteiger partial charge in [-0.1, -0.05) is 23.4 Å². The van der Waals surface area contributed by atoms with E-state index in [1.165, 1.54) is 22.9 Å². The SMILES string of the molecule is Cc1nc(-c2cccc([C@@H]3CN(c4nc(-c5ccncc5F)cc(=O)n4C)CCCO3)c2)no1. The topological polar surface area (TPSA) is 99.2 Å². The monoisotopic (exact) mass is 462 g/mol. The predicted octanol–water partition coefficient (Wildman–Crippen LogP) is 3.31. The maximum atomic E-state index is 14.3. The molecule has 1 atom stereocenters. The number of ether oxygens (including phenoxy) is 1. The summed E-state index contributed by atoms with van der Waals surface area (Å²) in [7, 11) is 1.66. The summed E-state index contributed by atoms with van der Waals surface area (Å²) in [5.41, 5.74) is 2.02. The molecule has 0 radical (unpaired) electrons. The summed E-state index contributed by atoms with van der Waals surface area (Å²) in [5.74, 6) is 0.940. The van der Waals surface area contributed by atoms with Crippen LogP contribution in [0.15, 0.2) is 58.1 Å². The highest BCUT2D eigenvalue weighted by Crippen LogP contribution is 2.28. The number of hydrogen-bond donors (Lipinski definition) is 0. The Labute approximate surface area is 194 Å². The molecule has 1 saturated heterocycles. The highest BCUT2D eigenvalue weighted by atomic mass is 19.1. The van der Waals surface area contributed by atoms with E-state index in [1.807, 2.05) is 29.2 Å². The molecular weight excluding hydrogens is 439 g/mol. The molecule has 34 heavy (non-hydrogen) atoms. The Kier molecular flexibility index (Phi) is 5.89. The first-order chi connectivity index (χ1) is 16.5. The molecule has 9 nitrogen and oxygen atoms in total. The summed E-state index contributed by atoms with van der Waals surface area (Å²) >= 11 is 0. The van der Waals surface area contributed by atoms with Gasteiger partial charge in [-0.25, -0.2) is 9.37 Å². The molecular formula is C24H23FN6O3. The highest BCUT2D eigenvalue weighted by Gasteiger charge is 2.24. The molecule has 5 rings (SSSR count). The van der Waals surface area contributed by atoms with Gasteiger partial charge in [0.1, 0.15) is 6.10 Å². The van der Waals surface area contributed by atoms with E-state index in [-0.39, 0.29) is 22.9 Å². The Hall–Kier alpha value is -3.92. The molecule has 1 aliphatic heterocycles. The van der Waals surface area contributed by atoms with Crippen molar-refractivity contribution in [2.75, 3.05) is 24.6 Å². The van der Waals surface area contributed by atoms with Crippen molar-refractivity contribution in [3.8, 4) is 22.6 Å². The third-order valence-electron chi connectivity index (χ3n) is 5.76. The lowest BCUT2D eigenvalue weighted by Gasteiger charge is -2.27. The number of anilines is 1. The molecule has 174 valence electrons. The van der Waals surface area contributed by atoms with Crippen LogP contribution in [0.5, 0.6) is 0 Å². The second kappa shape index (κ2) is 9.14. The smallest absolute Gasteiger partial charge is 0.255 e. The van der Waals surface area contributed by atoms with Crippen LogP contribution < -0.4 is 10.5 Å². The van der Waals surface area contributed by atoms with Gasteiger partial charge in [0, 0.05) is 50.5 Å². The van der Waals surface area contributed by atoms with Gasteiger partial charge in [-0.3, -0.25) is 14.3 Å². The molecule has 1 aliphatic rings. The summed E-state index contributed by atoms with van der Waals surface area (Å²) in [5, 5.41) is 4.00. The van der Waals surface area contributed by atoms with Crippen LogP contribution in [-0.2, 0) is 11.8 Å². The molecule has 0 bridgehead atoms. The molecule has 0 saturated carbocycles. The van der Waals surface area contributed by atoms with Gasteiger partial charge in [-0.15, -0.1) is 0 Å². The van der Waals surface area contributed by atoms with Gasteiger partial charge in [0.2, 0.25) is 17.7 Å². The molecule has 0 spiro atoms. The summed E-state index contributed by atoms with van der Waals surface area (Å²) < 4.78 is 27.1. The van der Waals surface area contributed by atoms with Gasteiger partial charge >= 0.3 is 0 Å². The molecule has 1 fully saturated rings. The molecule has 4 aromatic rings. The fourth-order valence-corrected chi connectivity index (χ4v) is 4.03. The van der Waals surface area contributed by atoms with Crippen LogP contribution in [0.1, 0.15) is 24.0 Å². The highest BCUT2D eigenvalue weighted by molar-refractivity contribution is 5.60. The average molecular weight is 462 g/mol. The van der Waals surface area contributed by atoms with Crippen LogP contribution in [0.3, 0.4) is 0 Å². The zero-order valence-electron chi connectivity index (χ0n) is 18.8. The third-order valence-corrected chi connectivity index (χ3v) is 5.76. The molecule has 0 unspecified atom stereocenters. The molecule has 3 aromatic heterocycles. The number of benzene rings is 1. The van der Waals surface area contributed by atoms with Crippen LogP contribution in [0.2, 0.25) is 0 Å². The van der Waals surface area contributed by atoms with Crippen LogP contribution in [-0.4, -0.2) is 44.4 Å². The van der Waals surface area contributed by atoms with E-state index in [9.17, 15) is 9.18 Å². The maximum Gasteiger partial charge on any atom is 0.255 e. The Bertz CT molecular complexity index is 1390. The van der Waals surface area contributed by atoms with Crippen molar-refractivity contribution in [1.29, 1.82) is 0 Å². The van der Waals surface area contributed by atoms with E-state index >= 15 is 0 Å². The Balaban J connectivity index is 1.49. The van der Waals surface area contributed by atoms with Crippen molar-refractivity contribution in [2.45, 2.75) is 19.4 Å². The molecule has 0 N–H and O–H groups in total. The van der Waals surface area contributed by atoms with Crippen molar-refractivity contribution in [2.24, 2.45) is 7.05 Å². The minimum atomic E-state index is -0.528. The molecule has 0 amide bonds. The Morgan fingerprint density at radius 2 is 2.06 bits per heavy atom. The second-order valence-electron chi connectivity index (χ2n) is 8.12. The van der Waals surface area contributed by atoms with Crippen LogP contribution in [0.25, 0.3) is 22.6 Å². The lowest BCUT2D eigenvalue weighted by molar-refractivity contribution is 0.0686. The van der Waals surface area contributed by atoms with E-state index in [2.05, 4.69) is 20.1 Å². The van der Waals surface area contributed by atoms with E-state index < -0.39 is 5.82 Å². The van der Waals surface area contributed by atoms with Crippen LogP contribution >= 0.6 is 0 Å². The summed E-state index contributed by atoms with van der Waals surface area (Å²) in [6, 6.07) is 10.7.